The third kappa shape index (κ3) is 3.79. The Morgan fingerprint density at radius 3 is 2.30 bits per heavy atom. The average Bonchev–Trinajstić information content (AvgIpc) is 2.87. The first-order valence-corrected chi connectivity index (χ1v) is 8.25. The van der Waals surface area contributed by atoms with Gasteiger partial charge >= 0.3 is 5.97 Å². The number of hydrogen-bond acceptors (Lipinski definition) is 6. The van der Waals surface area contributed by atoms with Crippen LogP contribution in [0.25, 0.3) is 0 Å². The number of aromatic nitrogens is 1. The van der Waals surface area contributed by atoms with E-state index < -0.39 is 22.8 Å². The van der Waals surface area contributed by atoms with E-state index in [2.05, 4.69) is 4.98 Å². The summed E-state index contributed by atoms with van der Waals surface area (Å²) >= 11 is 0. The normalized spacial score (nSPS) is 11.7. The van der Waals surface area contributed by atoms with Crippen molar-refractivity contribution in [2.45, 2.75) is 40.7 Å². The number of benzene rings is 1. The number of esters is 1. The quantitative estimate of drug-likeness (QED) is 0.359. The lowest BCUT2D eigenvalue weighted by molar-refractivity contribution is -0.385. The Morgan fingerprint density at radius 2 is 1.78 bits per heavy atom. The molecule has 8 nitrogen and oxygen atoms in total. The minimum absolute atomic E-state index is 0.178. The molecule has 2 aromatic rings. The van der Waals surface area contributed by atoms with Crippen LogP contribution in [0.3, 0.4) is 0 Å². The van der Waals surface area contributed by atoms with Crippen molar-refractivity contribution in [1.82, 2.24) is 4.98 Å². The topological polar surface area (TPSA) is 119 Å². The molecule has 142 valence electrons. The van der Waals surface area contributed by atoms with Crippen LogP contribution in [-0.4, -0.2) is 33.5 Å². The SMILES string of the molecule is CC(=O)c1c(C)[nH]c(C(=O)C(C)OC(=O)c2c(C)cccc2[N+](=O)[O-])c1C. The Kier molecular flexibility index (Phi) is 5.58. The lowest BCUT2D eigenvalue weighted by Gasteiger charge is -2.13. The third-order valence-electron chi connectivity index (χ3n) is 4.34. The standard InChI is InChI=1S/C19H20N2O6/c1-9-7-6-8-14(21(25)26)15(9)19(24)27-13(5)18(23)17-10(2)16(12(4)22)11(3)20-17/h6-8,13,20H,1-5H3. The lowest BCUT2D eigenvalue weighted by atomic mass is 10.0. The number of nitro benzene ring substituents is 1. The summed E-state index contributed by atoms with van der Waals surface area (Å²) in [7, 11) is 0. The number of ketones is 2. The first-order valence-electron chi connectivity index (χ1n) is 8.25. The van der Waals surface area contributed by atoms with E-state index in [0.717, 1.165) is 0 Å². The molecule has 0 radical (unpaired) electrons. The van der Waals surface area contributed by atoms with E-state index in [9.17, 15) is 24.5 Å². The van der Waals surface area contributed by atoms with E-state index in [1.807, 2.05) is 0 Å². The summed E-state index contributed by atoms with van der Waals surface area (Å²) in [5.41, 5.74) is 1.44. The summed E-state index contributed by atoms with van der Waals surface area (Å²) in [4.78, 5) is 50.2. The number of aromatic amines is 1. The van der Waals surface area contributed by atoms with Crippen molar-refractivity contribution in [2.24, 2.45) is 0 Å². The van der Waals surface area contributed by atoms with Crippen molar-refractivity contribution in [1.29, 1.82) is 0 Å². The molecule has 1 atom stereocenters. The zero-order valence-electron chi connectivity index (χ0n) is 15.7. The Morgan fingerprint density at radius 1 is 1.15 bits per heavy atom. The number of H-pyrrole nitrogens is 1. The number of rotatable bonds is 6. The van der Waals surface area contributed by atoms with Crippen molar-refractivity contribution in [3.63, 3.8) is 0 Å². The van der Waals surface area contributed by atoms with E-state index in [4.69, 9.17) is 4.74 Å². The molecule has 0 aliphatic carbocycles. The Balaban J connectivity index is 2.31. The number of carbonyl (C=O) groups excluding carboxylic acids is 3. The second-order valence-electron chi connectivity index (χ2n) is 6.32. The highest BCUT2D eigenvalue weighted by Crippen LogP contribution is 2.24. The van der Waals surface area contributed by atoms with Gasteiger partial charge in [-0.05, 0) is 45.7 Å². The van der Waals surface area contributed by atoms with Crippen LogP contribution in [0.15, 0.2) is 18.2 Å². The average molecular weight is 372 g/mol. The summed E-state index contributed by atoms with van der Waals surface area (Å²) in [5, 5.41) is 11.2. The second-order valence-corrected chi connectivity index (χ2v) is 6.32. The van der Waals surface area contributed by atoms with Crippen LogP contribution in [0.5, 0.6) is 0 Å². The number of nitrogens with zero attached hydrogens (tertiary/aromatic N) is 1. The largest absolute Gasteiger partial charge is 0.450 e. The van der Waals surface area contributed by atoms with Crippen molar-refractivity contribution in [3.8, 4) is 0 Å². The summed E-state index contributed by atoms with van der Waals surface area (Å²) in [6.45, 7) is 7.64. The van der Waals surface area contributed by atoms with Gasteiger partial charge in [0.25, 0.3) is 5.69 Å². The zero-order chi connectivity index (χ0) is 20.5. The molecule has 1 heterocycles. The van der Waals surface area contributed by atoms with Crippen LogP contribution in [0.1, 0.15) is 61.9 Å². The molecular weight excluding hydrogens is 352 g/mol. The van der Waals surface area contributed by atoms with E-state index in [-0.39, 0.29) is 22.7 Å². The van der Waals surface area contributed by atoms with E-state index >= 15 is 0 Å². The molecule has 1 N–H and O–H groups in total. The monoisotopic (exact) mass is 372 g/mol. The summed E-state index contributed by atoms with van der Waals surface area (Å²) < 4.78 is 5.19. The fourth-order valence-electron chi connectivity index (χ4n) is 3.07. The number of carbonyl (C=O) groups is 3. The van der Waals surface area contributed by atoms with Crippen LogP contribution in [-0.2, 0) is 4.74 Å². The third-order valence-corrected chi connectivity index (χ3v) is 4.34. The number of ether oxygens (including phenoxy) is 1. The molecule has 0 spiro atoms. The molecule has 0 bridgehead atoms. The van der Waals surface area contributed by atoms with Crippen molar-refractivity contribution < 1.29 is 24.0 Å². The molecule has 0 amide bonds. The minimum Gasteiger partial charge on any atom is -0.450 e. The molecular formula is C19H20N2O6. The maximum atomic E-state index is 12.7. The van der Waals surface area contributed by atoms with Gasteiger partial charge in [-0.1, -0.05) is 12.1 Å². The Hall–Kier alpha value is -3.29. The predicted octanol–water partition coefficient (Wildman–Crippen LogP) is 3.48. The molecule has 0 aliphatic heterocycles. The number of aryl methyl sites for hydroxylation is 2. The summed E-state index contributed by atoms with van der Waals surface area (Å²) in [6.07, 6.45) is -1.19. The molecule has 1 aromatic heterocycles. The van der Waals surface area contributed by atoms with Crippen LogP contribution in [0, 0.1) is 30.9 Å². The van der Waals surface area contributed by atoms with Gasteiger partial charge in [-0.3, -0.25) is 19.7 Å². The Bertz CT molecular complexity index is 957. The molecule has 0 fully saturated rings. The van der Waals surface area contributed by atoms with Crippen molar-refractivity contribution in [3.05, 3.63) is 62.0 Å². The van der Waals surface area contributed by atoms with Gasteiger partial charge in [-0.25, -0.2) is 4.79 Å². The van der Waals surface area contributed by atoms with Crippen LogP contribution in [0.2, 0.25) is 0 Å². The van der Waals surface area contributed by atoms with Gasteiger partial charge in [-0.15, -0.1) is 0 Å². The van der Waals surface area contributed by atoms with Gasteiger partial charge < -0.3 is 9.72 Å². The molecule has 0 saturated carbocycles. The number of nitrogens with one attached hydrogen (secondary N) is 1. The highest BCUT2D eigenvalue weighted by atomic mass is 16.6. The molecule has 2 rings (SSSR count). The van der Waals surface area contributed by atoms with Gasteiger partial charge in [0.2, 0.25) is 5.78 Å². The van der Waals surface area contributed by atoms with Crippen LogP contribution in [0.4, 0.5) is 5.69 Å². The number of nitro groups is 1. The zero-order valence-corrected chi connectivity index (χ0v) is 15.7. The first-order chi connectivity index (χ1) is 12.6. The second kappa shape index (κ2) is 7.53. The molecule has 1 unspecified atom stereocenters. The summed E-state index contributed by atoms with van der Waals surface area (Å²) in [5.74, 6) is -1.65. The van der Waals surface area contributed by atoms with Gasteiger partial charge in [0.1, 0.15) is 5.56 Å². The molecule has 27 heavy (non-hydrogen) atoms. The van der Waals surface area contributed by atoms with Gasteiger partial charge in [0, 0.05) is 17.3 Å². The highest BCUT2D eigenvalue weighted by molar-refractivity contribution is 6.06. The molecule has 0 aliphatic rings. The highest BCUT2D eigenvalue weighted by Gasteiger charge is 2.29. The minimum atomic E-state index is -1.19. The first kappa shape index (κ1) is 20.0. The van der Waals surface area contributed by atoms with Gasteiger partial charge in [0.15, 0.2) is 11.9 Å². The fraction of sp³-hybridized carbons (Fsp3) is 0.316. The van der Waals surface area contributed by atoms with Crippen molar-refractivity contribution in [2.75, 3.05) is 0 Å². The number of hydrogen-bond donors (Lipinski definition) is 1. The maximum absolute atomic E-state index is 12.7. The van der Waals surface area contributed by atoms with E-state index in [1.165, 1.54) is 26.0 Å². The van der Waals surface area contributed by atoms with E-state index in [1.54, 1.807) is 26.8 Å². The fourth-order valence-corrected chi connectivity index (χ4v) is 3.07. The molecule has 0 saturated heterocycles. The molecule has 8 heteroatoms. The van der Waals surface area contributed by atoms with E-state index in [0.29, 0.717) is 22.4 Å². The maximum Gasteiger partial charge on any atom is 0.346 e. The summed E-state index contributed by atoms with van der Waals surface area (Å²) in [6, 6.07) is 4.22. The lowest BCUT2D eigenvalue weighted by Crippen LogP contribution is -2.26. The Labute approximate surface area is 155 Å². The van der Waals surface area contributed by atoms with Crippen LogP contribution < -0.4 is 0 Å². The van der Waals surface area contributed by atoms with Crippen LogP contribution >= 0.6 is 0 Å². The number of Topliss-reactive ketones (excluding diaryl/α,β-unsaturated/α-hetero) is 2. The predicted molar refractivity (Wildman–Crippen MR) is 97.3 cm³/mol. The van der Waals surface area contributed by atoms with Crippen molar-refractivity contribution >= 4 is 23.2 Å². The molecule has 1 aromatic carbocycles. The smallest absolute Gasteiger partial charge is 0.346 e. The van der Waals surface area contributed by atoms with Gasteiger partial charge in [-0.2, -0.15) is 0 Å². The van der Waals surface area contributed by atoms with Gasteiger partial charge in [0.05, 0.1) is 10.6 Å².